The zero-order chi connectivity index (χ0) is 25.3. The van der Waals surface area contributed by atoms with Crippen LogP contribution in [0.25, 0.3) is 21.9 Å². The van der Waals surface area contributed by atoms with Crippen molar-refractivity contribution >= 4 is 35.2 Å². The molecule has 0 bridgehead atoms. The van der Waals surface area contributed by atoms with Crippen molar-refractivity contribution in [2.24, 2.45) is 10.8 Å². The van der Waals surface area contributed by atoms with Crippen LogP contribution in [0.4, 0.5) is 0 Å². The zero-order valence-electron chi connectivity index (χ0n) is 22.3. The Morgan fingerprint density at radius 3 is 2.25 bits per heavy atom. The van der Waals surface area contributed by atoms with Gasteiger partial charge < -0.3 is 5.11 Å². The minimum absolute atomic E-state index is 0.0561. The normalized spacial score (nSPS) is 22.0. The van der Waals surface area contributed by atoms with Crippen LogP contribution in [0.3, 0.4) is 0 Å². The smallest absolute Gasteiger partial charge is 0.123 e. The average Bonchev–Trinajstić information content (AvgIpc) is 3.06. The zero-order valence-corrected chi connectivity index (χ0v) is 24.0. The summed E-state index contributed by atoms with van der Waals surface area (Å²) in [4.78, 5) is 1.31. The Labute approximate surface area is 226 Å². The maximum Gasteiger partial charge on any atom is 0.123 e. The van der Waals surface area contributed by atoms with Crippen LogP contribution in [0.15, 0.2) is 47.4 Å². The van der Waals surface area contributed by atoms with E-state index >= 15 is 0 Å². The molecule has 3 heteroatoms. The lowest BCUT2D eigenvalue weighted by Crippen LogP contribution is -2.43. The molecule has 0 radical (unpaired) electrons. The van der Waals surface area contributed by atoms with E-state index in [-0.39, 0.29) is 16.2 Å². The molecule has 3 aromatic rings. The molecule has 2 fully saturated rings. The molecular formula is C33H40OS2. The summed E-state index contributed by atoms with van der Waals surface area (Å²) >= 11 is 6.79. The molecule has 6 rings (SSSR count). The van der Waals surface area contributed by atoms with Crippen molar-refractivity contribution in [2.45, 2.75) is 100 Å². The predicted molar refractivity (Wildman–Crippen MR) is 159 cm³/mol. The first-order valence-electron chi connectivity index (χ1n) is 13.8. The highest BCUT2D eigenvalue weighted by atomic mass is 32.2. The van der Waals surface area contributed by atoms with Gasteiger partial charge in [-0.2, -0.15) is 12.6 Å². The molecule has 3 aliphatic carbocycles. The lowest BCUT2D eigenvalue weighted by atomic mass is 9.52. The third-order valence-electron chi connectivity index (χ3n) is 9.06. The molecule has 0 aliphatic heterocycles. The standard InChI is InChI=1S/C33H40OS2/c1-31(2)18-32(3,4)20-33(19-31)26-13-9-8-12-23(26)30-25-14-21(17-35)29(36-22-10-6-5-7-11-22)15-24(25)28(34)16-27(30)33/h8-9,12-16,22,34-35H,5-7,10-11,17-20H2,1-4H3. The Morgan fingerprint density at radius 2 is 1.56 bits per heavy atom. The molecular weight excluding hydrogens is 476 g/mol. The maximum absolute atomic E-state index is 11.6. The highest BCUT2D eigenvalue weighted by Gasteiger charge is 2.53. The Bertz CT molecular complexity index is 1310. The average molecular weight is 517 g/mol. The number of aromatic hydroxyl groups is 1. The van der Waals surface area contributed by atoms with Gasteiger partial charge in [-0.25, -0.2) is 0 Å². The predicted octanol–water partition coefficient (Wildman–Crippen LogP) is 9.90. The summed E-state index contributed by atoms with van der Waals surface area (Å²) in [5.41, 5.74) is 7.23. The fraction of sp³-hybridized carbons (Fsp3) is 0.515. The molecule has 1 N–H and O–H groups in total. The second-order valence-corrected chi connectivity index (χ2v) is 15.0. The second kappa shape index (κ2) is 8.73. The van der Waals surface area contributed by atoms with Crippen molar-refractivity contribution in [3.8, 4) is 16.9 Å². The van der Waals surface area contributed by atoms with Crippen molar-refractivity contribution in [3.63, 3.8) is 0 Å². The van der Waals surface area contributed by atoms with Crippen molar-refractivity contribution in [1.82, 2.24) is 0 Å². The van der Waals surface area contributed by atoms with E-state index < -0.39 is 0 Å². The van der Waals surface area contributed by atoms with Crippen LogP contribution in [-0.2, 0) is 11.2 Å². The van der Waals surface area contributed by atoms with Crippen molar-refractivity contribution in [2.75, 3.05) is 0 Å². The van der Waals surface area contributed by atoms with Crippen LogP contribution in [-0.4, -0.2) is 10.4 Å². The molecule has 1 spiro atoms. The quantitative estimate of drug-likeness (QED) is 0.338. The molecule has 0 atom stereocenters. The van der Waals surface area contributed by atoms with E-state index in [0.717, 1.165) is 24.0 Å². The van der Waals surface area contributed by atoms with Gasteiger partial charge in [0, 0.05) is 26.7 Å². The van der Waals surface area contributed by atoms with Gasteiger partial charge in [-0.3, -0.25) is 0 Å². The number of rotatable bonds is 3. The number of phenols is 1. The van der Waals surface area contributed by atoms with Gasteiger partial charge in [0.1, 0.15) is 5.75 Å². The van der Waals surface area contributed by atoms with E-state index in [1.54, 1.807) is 0 Å². The van der Waals surface area contributed by atoms with Gasteiger partial charge in [-0.1, -0.05) is 71.2 Å². The van der Waals surface area contributed by atoms with Crippen LogP contribution < -0.4 is 0 Å². The van der Waals surface area contributed by atoms with Gasteiger partial charge >= 0.3 is 0 Å². The number of fused-ring (bicyclic) bond motifs is 7. The summed E-state index contributed by atoms with van der Waals surface area (Å²) in [5.74, 6) is 1.16. The highest BCUT2D eigenvalue weighted by molar-refractivity contribution is 8.00. The second-order valence-electron chi connectivity index (χ2n) is 13.3. The van der Waals surface area contributed by atoms with Crippen molar-refractivity contribution < 1.29 is 5.11 Å². The van der Waals surface area contributed by atoms with Crippen molar-refractivity contribution in [1.29, 1.82) is 0 Å². The fourth-order valence-electron chi connectivity index (χ4n) is 8.50. The Hall–Kier alpha value is -1.58. The van der Waals surface area contributed by atoms with Gasteiger partial charge in [0.2, 0.25) is 0 Å². The first-order valence-corrected chi connectivity index (χ1v) is 15.3. The SMILES string of the molecule is CC1(C)CC(C)(C)CC2(C1)c1ccccc1-c1c2cc(O)c2cc(SC3CCCCC3)c(CS)cc12. The first-order chi connectivity index (χ1) is 17.1. The maximum atomic E-state index is 11.6. The Kier molecular flexibility index (Phi) is 6.00. The largest absolute Gasteiger partial charge is 0.507 e. The van der Waals surface area contributed by atoms with Crippen LogP contribution in [0.2, 0.25) is 0 Å². The highest BCUT2D eigenvalue weighted by Crippen LogP contribution is 2.64. The molecule has 3 aliphatic rings. The fourth-order valence-corrected chi connectivity index (χ4v) is 10.3. The van der Waals surface area contributed by atoms with E-state index in [0.29, 0.717) is 11.0 Å². The van der Waals surface area contributed by atoms with Gasteiger partial charge in [-0.15, -0.1) is 11.8 Å². The van der Waals surface area contributed by atoms with E-state index in [4.69, 9.17) is 12.6 Å². The third kappa shape index (κ3) is 4.00. The summed E-state index contributed by atoms with van der Waals surface area (Å²) in [6.07, 6.45) is 10.1. The molecule has 36 heavy (non-hydrogen) atoms. The molecule has 2 saturated carbocycles. The van der Waals surface area contributed by atoms with E-state index in [9.17, 15) is 5.11 Å². The third-order valence-corrected chi connectivity index (χ3v) is 10.8. The Morgan fingerprint density at radius 1 is 0.861 bits per heavy atom. The molecule has 0 saturated heterocycles. The van der Waals surface area contributed by atoms with Crippen LogP contribution in [0.5, 0.6) is 5.75 Å². The van der Waals surface area contributed by atoms with Gasteiger partial charge in [0.25, 0.3) is 0 Å². The monoisotopic (exact) mass is 516 g/mol. The molecule has 0 aromatic heterocycles. The molecule has 0 amide bonds. The first kappa shape index (κ1) is 24.7. The summed E-state index contributed by atoms with van der Waals surface area (Å²) in [5, 5.41) is 14.4. The number of thiol groups is 1. The topological polar surface area (TPSA) is 20.2 Å². The van der Waals surface area contributed by atoms with Gasteiger partial charge in [0.05, 0.1) is 0 Å². The summed E-state index contributed by atoms with van der Waals surface area (Å²) < 4.78 is 0. The molecule has 1 nitrogen and oxygen atoms in total. The number of hydrogen-bond acceptors (Lipinski definition) is 3. The number of thioether (sulfide) groups is 1. The van der Waals surface area contributed by atoms with Gasteiger partial charge in [0.15, 0.2) is 0 Å². The minimum atomic E-state index is -0.0561. The van der Waals surface area contributed by atoms with Crippen LogP contribution in [0.1, 0.15) is 95.8 Å². The van der Waals surface area contributed by atoms with Crippen LogP contribution >= 0.6 is 24.4 Å². The lowest BCUT2D eigenvalue weighted by molar-refractivity contribution is 0.0645. The lowest BCUT2D eigenvalue weighted by Gasteiger charge is -2.51. The number of phenolic OH excluding ortho intramolecular Hbond substituents is 1. The number of benzene rings is 3. The summed E-state index contributed by atoms with van der Waals surface area (Å²) in [6.45, 7) is 9.74. The van der Waals surface area contributed by atoms with E-state index in [1.165, 1.54) is 76.6 Å². The minimum Gasteiger partial charge on any atom is -0.507 e. The van der Waals surface area contributed by atoms with Crippen LogP contribution in [0, 0.1) is 10.8 Å². The van der Waals surface area contributed by atoms with Gasteiger partial charge in [-0.05, 0) is 94.3 Å². The molecule has 190 valence electrons. The molecule has 0 heterocycles. The number of hydrogen-bond donors (Lipinski definition) is 2. The van der Waals surface area contributed by atoms with Crippen molar-refractivity contribution in [3.05, 3.63) is 59.2 Å². The Balaban J connectivity index is 1.58. The summed E-state index contributed by atoms with van der Waals surface area (Å²) in [7, 11) is 0. The summed E-state index contributed by atoms with van der Waals surface area (Å²) in [6, 6.07) is 15.9. The molecule has 3 aromatic carbocycles. The molecule has 0 unspecified atom stereocenters. The van der Waals surface area contributed by atoms with E-state index in [1.807, 2.05) is 11.8 Å². The van der Waals surface area contributed by atoms with E-state index in [2.05, 4.69) is 70.2 Å².